The van der Waals surface area contributed by atoms with Crippen LogP contribution in [0.2, 0.25) is 0 Å². The Bertz CT molecular complexity index is 1170. The SMILES string of the molecule is CCCCC1(CC)CN(c2ccccc2)c2cc(Br)c(O/C=C(\F)C(=O)OC)cc2S(=O)(=O)C1. The molecule has 0 aromatic heterocycles. The van der Waals surface area contributed by atoms with Crippen molar-refractivity contribution < 1.29 is 27.1 Å². The van der Waals surface area contributed by atoms with E-state index >= 15 is 0 Å². The third-order valence-corrected chi connectivity index (χ3v) is 8.79. The number of para-hydroxylation sites is 1. The molecule has 1 heterocycles. The number of nitrogens with zero attached hydrogens (tertiary/aromatic N) is 1. The van der Waals surface area contributed by atoms with Crippen LogP contribution in [-0.4, -0.2) is 33.8 Å². The van der Waals surface area contributed by atoms with Gasteiger partial charge in [-0.2, -0.15) is 4.39 Å². The first-order valence-electron chi connectivity index (χ1n) is 11.2. The summed E-state index contributed by atoms with van der Waals surface area (Å²) < 4.78 is 51.3. The lowest BCUT2D eigenvalue weighted by Gasteiger charge is -2.36. The number of carbonyl (C=O) groups excluding carboxylic acids is 1. The summed E-state index contributed by atoms with van der Waals surface area (Å²) in [5.41, 5.74) is 0.968. The Hall–Kier alpha value is -2.39. The van der Waals surface area contributed by atoms with Gasteiger partial charge in [-0.25, -0.2) is 13.2 Å². The number of halogens is 2. The molecule has 1 aliphatic rings. The van der Waals surface area contributed by atoms with E-state index < -0.39 is 27.0 Å². The van der Waals surface area contributed by atoms with Crippen LogP contribution >= 0.6 is 15.9 Å². The summed E-state index contributed by atoms with van der Waals surface area (Å²) >= 11 is 3.42. The third-order valence-electron chi connectivity index (χ3n) is 6.18. The third kappa shape index (κ3) is 5.63. The maximum absolute atomic E-state index is 13.8. The lowest BCUT2D eigenvalue weighted by molar-refractivity contribution is -0.137. The minimum atomic E-state index is -3.72. The maximum Gasteiger partial charge on any atom is 0.370 e. The standard InChI is InChI=1S/C25H29BrFNO5S/c1-4-6-12-25(5-2)16-28(18-10-8-7-9-11-18)21-13-19(26)22(14-23(21)34(30,31)17-25)33-15-20(27)24(29)32-3/h7-11,13-15H,4-6,12,16-17H2,1-3H3/b20-15-. The van der Waals surface area contributed by atoms with Crippen LogP contribution in [0.4, 0.5) is 15.8 Å². The lowest BCUT2D eigenvalue weighted by Crippen LogP contribution is -2.37. The monoisotopic (exact) mass is 553 g/mol. The van der Waals surface area contributed by atoms with Crippen molar-refractivity contribution >= 4 is 43.1 Å². The Morgan fingerprint density at radius 2 is 1.94 bits per heavy atom. The molecule has 2 aromatic rings. The fourth-order valence-electron chi connectivity index (χ4n) is 4.21. The van der Waals surface area contributed by atoms with Crippen LogP contribution in [0.15, 0.2) is 63.9 Å². The van der Waals surface area contributed by atoms with E-state index in [-0.39, 0.29) is 16.4 Å². The highest BCUT2D eigenvalue weighted by molar-refractivity contribution is 9.10. The van der Waals surface area contributed by atoms with Crippen molar-refractivity contribution in [3.05, 3.63) is 59.0 Å². The van der Waals surface area contributed by atoms with E-state index in [2.05, 4.69) is 27.6 Å². The molecule has 0 bridgehead atoms. The molecular formula is C25H29BrFNO5S. The first kappa shape index (κ1) is 26.2. The van der Waals surface area contributed by atoms with Crippen molar-refractivity contribution in [2.75, 3.05) is 24.3 Å². The van der Waals surface area contributed by atoms with Gasteiger partial charge < -0.3 is 14.4 Å². The van der Waals surface area contributed by atoms with Gasteiger partial charge in [0.05, 0.1) is 27.9 Å². The second-order valence-electron chi connectivity index (χ2n) is 8.46. The van der Waals surface area contributed by atoms with Crippen LogP contribution in [-0.2, 0) is 19.4 Å². The van der Waals surface area contributed by atoms with E-state index in [0.29, 0.717) is 29.4 Å². The summed E-state index contributed by atoms with van der Waals surface area (Å²) in [6.07, 6.45) is 4.00. The van der Waals surface area contributed by atoms with Gasteiger partial charge in [0.15, 0.2) is 9.84 Å². The Kier molecular flexibility index (Phi) is 8.41. The second-order valence-corrected chi connectivity index (χ2v) is 11.3. The van der Waals surface area contributed by atoms with Crippen LogP contribution in [0.3, 0.4) is 0 Å². The van der Waals surface area contributed by atoms with Crippen LogP contribution in [0.1, 0.15) is 39.5 Å². The normalized spacial score (nSPS) is 19.8. The van der Waals surface area contributed by atoms with Crippen molar-refractivity contribution in [2.24, 2.45) is 5.41 Å². The van der Waals surface area contributed by atoms with E-state index in [1.165, 1.54) is 6.07 Å². The van der Waals surface area contributed by atoms with Crippen molar-refractivity contribution in [1.82, 2.24) is 0 Å². The topological polar surface area (TPSA) is 72.9 Å². The molecule has 0 saturated heterocycles. The van der Waals surface area contributed by atoms with Gasteiger partial charge in [0, 0.05) is 23.7 Å². The van der Waals surface area contributed by atoms with Crippen molar-refractivity contribution in [2.45, 2.75) is 44.4 Å². The van der Waals surface area contributed by atoms with Gasteiger partial charge in [-0.1, -0.05) is 44.9 Å². The molecule has 6 nitrogen and oxygen atoms in total. The summed E-state index contributed by atoms with van der Waals surface area (Å²) in [7, 11) is -2.66. The minimum absolute atomic E-state index is 0.000265. The molecule has 1 unspecified atom stereocenters. The van der Waals surface area contributed by atoms with E-state index in [1.807, 2.05) is 42.2 Å². The van der Waals surface area contributed by atoms with Gasteiger partial charge in [0.1, 0.15) is 12.0 Å². The number of fused-ring (bicyclic) bond motifs is 1. The summed E-state index contributed by atoms with van der Waals surface area (Å²) in [5, 5.41) is 0. The summed E-state index contributed by atoms with van der Waals surface area (Å²) in [5.74, 6) is -2.34. The molecule has 0 N–H and O–H groups in total. The van der Waals surface area contributed by atoms with Gasteiger partial charge in [-0.05, 0) is 47.0 Å². The Morgan fingerprint density at radius 3 is 2.56 bits per heavy atom. The quantitative estimate of drug-likeness (QED) is 0.216. The second kappa shape index (κ2) is 10.9. The smallest absolute Gasteiger partial charge is 0.370 e. The van der Waals surface area contributed by atoms with E-state index in [1.54, 1.807) is 6.07 Å². The van der Waals surface area contributed by atoms with Gasteiger partial charge in [0.2, 0.25) is 5.83 Å². The van der Waals surface area contributed by atoms with Crippen molar-refractivity contribution in [1.29, 1.82) is 0 Å². The summed E-state index contributed by atoms with van der Waals surface area (Å²) in [6.45, 7) is 4.68. The number of esters is 1. The highest BCUT2D eigenvalue weighted by Crippen LogP contribution is 2.46. The number of sulfone groups is 1. The fraction of sp³-hybridized carbons (Fsp3) is 0.400. The molecule has 0 saturated carbocycles. The van der Waals surface area contributed by atoms with E-state index in [0.717, 1.165) is 32.1 Å². The van der Waals surface area contributed by atoms with E-state index in [4.69, 9.17) is 4.74 Å². The zero-order chi connectivity index (χ0) is 24.9. The van der Waals surface area contributed by atoms with Crippen molar-refractivity contribution in [3.8, 4) is 5.75 Å². The first-order chi connectivity index (χ1) is 16.2. The molecule has 2 aromatic carbocycles. The number of unbranched alkanes of at least 4 members (excludes halogenated alkanes) is 1. The lowest BCUT2D eigenvalue weighted by atomic mass is 9.81. The number of methoxy groups -OCH3 is 1. The molecule has 9 heteroatoms. The van der Waals surface area contributed by atoms with Crippen LogP contribution in [0, 0.1) is 5.41 Å². The number of hydrogen-bond donors (Lipinski definition) is 0. The number of carbonyl (C=O) groups is 1. The molecular weight excluding hydrogens is 525 g/mol. The molecule has 0 amide bonds. The number of ether oxygens (including phenoxy) is 2. The number of anilines is 2. The Labute approximate surface area is 208 Å². The molecule has 0 aliphatic carbocycles. The zero-order valence-corrected chi connectivity index (χ0v) is 21.9. The highest BCUT2D eigenvalue weighted by Gasteiger charge is 2.41. The predicted molar refractivity (Wildman–Crippen MR) is 134 cm³/mol. The molecule has 0 spiro atoms. The van der Waals surface area contributed by atoms with Crippen molar-refractivity contribution in [3.63, 3.8) is 0 Å². The average Bonchev–Trinajstić information content (AvgIpc) is 2.93. The summed E-state index contributed by atoms with van der Waals surface area (Å²) in [4.78, 5) is 13.5. The van der Waals surface area contributed by atoms with Crippen LogP contribution in [0.5, 0.6) is 5.75 Å². The van der Waals surface area contributed by atoms with Crippen LogP contribution < -0.4 is 9.64 Å². The molecule has 1 atom stereocenters. The Morgan fingerprint density at radius 1 is 1.24 bits per heavy atom. The summed E-state index contributed by atoms with van der Waals surface area (Å²) in [6, 6.07) is 12.7. The molecule has 0 fully saturated rings. The largest absolute Gasteiger partial charge is 0.464 e. The first-order valence-corrected chi connectivity index (χ1v) is 13.6. The Balaban J connectivity index is 2.17. The maximum atomic E-state index is 13.8. The molecule has 34 heavy (non-hydrogen) atoms. The van der Waals surface area contributed by atoms with Crippen LogP contribution in [0.25, 0.3) is 0 Å². The molecule has 0 radical (unpaired) electrons. The van der Waals surface area contributed by atoms with E-state index in [9.17, 15) is 17.6 Å². The highest BCUT2D eigenvalue weighted by atomic mass is 79.9. The number of benzene rings is 2. The minimum Gasteiger partial charge on any atom is -0.464 e. The average molecular weight is 554 g/mol. The zero-order valence-electron chi connectivity index (χ0n) is 19.5. The fourth-order valence-corrected chi connectivity index (χ4v) is 6.81. The molecule has 1 aliphatic heterocycles. The molecule has 184 valence electrons. The number of hydrogen-bond acceptors (Lipinski definition) is 6. The number of rotatable bonds is 8. The predicted octanol–water partition coefficient (Wildman–Crippen LogP) is 6.32. The van der Waals surface area contributed by atoms with Gasteiger partial charge in [-0.15, -0.1) is 0 Å². The molecule has 3 rings (SSSR count). The van der Waals surface area contributed by atoms with Gasteiger partial charge in [-0.3, -0.25) is 0 Å². The van der Waals surface area contributed by atoms with Gasteiger partial charge in [0.25, 0.3) is 0 Å². The van der Waals surface area contributed by atoms with Gasteiger partial charge >= 0.3 is 5.97 Å².